The van der Waals surface area contributed by atoms with Gasteiger partial charge in [-0.2, -0.15) is 0 Å². The summed E-state index contributed by atoms with van der Waals surface area (Å²) in [5, 5.41) is 2.95. The monoisotopic (exact) mass is 376 g/mol. The van der Waals surface area contributed by atoms with Crippen LogP contribution < -0.4 is 10.1 Å². The second kappa shape index (κ2) is 8.13. The molecule has 0 aliphatic carbocycles. The number of hydrogen-bond acceptors (Lipinski definition) is 3. The lowest BCUT2D eigenvalue weighted by Gasteiger charge is -2.17. The lowest BCUT2D eigenvalue weighted by molar-refractivity contribution is -0.117. The van der Waals surface area contributed by atoms with Crippen LogP contribution in [0.3, 0.4) is 0 Å². The molecule has 0 saturated carbocycles. The lowest BCUT2D eigenvalue weighted by atomic mass is 10.2. The smallest absolute Gasteiger partial charge is 0.238 e. The maximum Gasteiger partial charge on any atom is 0.238 e. The minimum Gasteiger partial charge on any atom is -0.497 e. The number of ether oxygens (including phenoxy) is 1. The van der Waals surface area contributed by atoms with Crippen LogP contribution >= 0.6 is 15.9 Å². The van der Waals surface area contributed by atoms with Crippen molar-refractivity contribution in [3.05, 3.63) is 58.1 Å². The highest BCUT2D eigenvalue weighted by atomic mass is 79.9. The van der Waals surface area contributed by atoms with Crippen molar-refractivity contribution in [2.24, 2.45) is 0 Å². The Morgan fingerprint density at radius 3 is 2.74 bits per heavy atom. The van der Waals surface area contributed by atoms with Gasteiger partial charge in [-0.15, -0.1) is 0 Å². The number of anilines is 1. The van der Waals surface area contributed by atoms with Crippen molar-refractivity contribution in [1.29, 1.82) is 0 Å². The fourth-order valence-electron chi connectivity index (χ4n) is 2.34. The van der Waals surface area contributed by atoms with Crippen LogP contribution in [-0.2, 0) is 11.3 Å². The van der Waals surface area contributed by atoms with E-state index >= 15 is 0 Å². The SMILES string of the molecule is COc1cccc(CN(C)CC(=O)Nc2ccc(Br)cc2C)c1. The van der Waals surface area contributed by atoms with Crippen LogP contribution in [0.2, 0.25) is 0 Å². The summed E-state index contributed by atoms with van der Waals surface area (Å²) in [5.41, 5.74) is 2.98. The van der Waals surface area contributed by atoms with Crippen molar-refractivity contribution in [3.8, 4) is 5.75 Å². The van der Waals surface area contributed by atoms with E-state index in [0.717, 1.165) is 27.0 Å². The molecule has 0 aromatic heterocycles. The average Bonchev–Trinajstić information content (AvgIpc) is 2.50. The summed E-state index contributed by atoms with van der Waals surface area (Å²) in [6.45, 7) is 2.98. The Labute approximate surface area is 145 Å². The van der Waals surface area contributed by atoms with Gasteiger partial charge in [-0.3, -0.25) is 9.69 Å². The molecule has 2 aromatic carbocycles. The van der Waals surface area contributed by atoms with Crippen LogP contribution in [-0.4, -0.2) is 31.5 Å². The molecule has 0 aliphatic rings. The van der Waals surface area contributed by atoms with Gasteiger partial charge < -0.3 is 10.1 Å². The molecule has 0 atom stereocenters. The van der Waals surface area contributed by atoms with Crippen molar-refractivity contribution in [3.63, 3.8) is 0 Å². The number of amides is 1. The van der Waals surface area contributed by atoms with Crippen molar-refractivity contribution < 1.29 is 9.53 Å². The van der Waals surface area contributed by atoms with Crippen molar-refractivity contribution in [2.75, 3.05) is 26.0 Å². The third-order valence-electron chi connectivity index (χ3n) is 3.46. The maximum absolute atomic E-state index is 12.2. The minimum atomic E-state index is -0.0270. The normalized spacial score (nSPS) is 10.7. The van der Waals surface area contributed by atoms with Crippen LogP contribution in [0, 0.1) is 6.92 Å². The van der Waals surface area contributed by atoms with E-state index in [2.05, 4.69) is 21.2 Å². The summed E-state index contributed by atoms with van der Waals surface area (Å²) in [6, 6.07) is 13.7. The average molecular weight is 377 g/mol. The molecule has 0 radical (unpaired) electrons. The molecule has 4 nitrogen and oxygen atoms in total. The summed E-state index contributed by atoms with van der Waals surface area (Å²) < 4.78 is 6.22. The van der Waals surface area contributed by atoms with E-state index < -0.39 is 0 Å². The maximum atomic E-state index is 12.2. The van der Waals surface area contributed by atoms with Crippen LogP contribution in [0.15, 0.2) is 46.9 Å². The highest BCUT2D eigenvalue weighted by Crippen LogP contribution is 2.20. The second-order valence-corrected chi connectivity index (χ2v) is 6.45. The third kappa shape index (κ3) is 5.37. The fraction of sp³-hybridized carbons (Fsp3) is 0.278. The van der Waals surface area contributed by atoms with Crippen LogP contribution in [0.4, 0.5) is 5.69 Å². The molecule has 2 aromatic rings. The Kier molecular flexibility index (Phi) is 6.19. The van der Waals surface area contributed by atoms with E-state index in [1.54, 1.807) is 7.11 Å². The highest BCUT2D eigenvalue weighted by Gasteiger charge is 2.09. The Bertz CT molecular complexity index is 688. The van der Waals surface area contributed by atoms with Gasteiger partial charge in [-0.1, -0.05) is 28.1 Å². The molecule has 0 aliphatic heterocycles. The van der Waals surface area contributed by atoms with E-state index in [1.165, 1.54) is 0 Å². The number of nitrogens with one attached hydrogen (secondary N) is 1. The van der Waals surface area contributed by atoms with Gasteiger partial charge >= 0.3 is 0 Å². The van der Waals surface area contributed by atoms with E-state index in [9.17, 15) is 4.79 Å². The molecule has 0 unspecified atom stereocenters. The molecular formula is C18H21BrN2O2. The van der Waals surface area contributed by atoms with E-state index in [-0.39, 0.29) is 5.91 Å². The molecule has 0 bridgehead atoms. The molecule has 1 N–H and O–H groups in total. The highest BCUT2D eigenvalue weighted by molar-refractivity contribution is 9.10. The quantitative estimate of drug-likeness (QED) is 0.832. The number of carbonyl (C=O) groups excluding carboxylic acids is 1. The molecular weight excluding hydrogens is 356 g/mol. The van der Waals surface area contributed by atoms with Gasteiger partial charge in [0, 0.05) is 16.7 Å². The van der Waals surface area contributed by atoms with Crippen LogP contribution in [0.25, 0.3) is 0 Å². The summed E-state index contributed by atoms with van der Waals surface area (Å²) in [7, 11) is 3.57. The van der Waals surface area contributed by atoms with Crippen molar-refractivity contribution in [1.82, 2.24) is 4.90 Å². The van der Waals surface area contributed by atoms with Gasteiger partial charge in [0.1, 0.15) is 5.75 Å². The van der Waals surface area contributed by atoms with Gasteiger partial charge in [0.15, 0.2) is 0 Å². The third-order valence-corrected chi connectivity index (χ3v) is 3.96. The zero-order valence-corrected chi connectivity index (χ0v) is 15.2. The van der Waals surface area contributed by atoms with Gasteiger partial charge in [0.05, 0.1) is 13.7 Å². The number of hydrogen-bond donors (Lipinski definition) is 1. The lowest BCUT2D eigenvalue weighted by Crippen LogP contribution is -2.30. The number of aryl methyl sites for hydroxylation is 1. The summed E-state index contributed by atoms with van der Waals surface area (Å²) in [5.74, 6) is 0.798. The molecule has 1 amide bonds. The Hall–Kier alpha value is -1.85. The Morgan fingerprint density at radius 1 is 1.26 bits per heavy atom. The van der Waals surface area contributed by atoms with E-state index in [4.69, 9.17) is 4.74 Å². The minimum absolute atomic E-state index is 0.0270. The van der Waals surface area contributed by atoms with Gasteiger partial charge in [0.25, 0.3) is 0 Å². The molecule has 0 spiro atoms. The van der Waals surface area contributed by atoms with Crippen molar-refractivity contribution >= 4 is 27.5 Å². The predicted molar refractivity (Wildman–Crippen MR) is 96.8 cm³/mol. The first-order chi connectivity index (χ1) is 11.0. The molecule has 0 heterocycles. The first kappa shape index (κ1) is 17.5. The van der Waals surface area contributed by atoms with Gasteiger partial charge in [0.2, 0.25) is 5.91 Å². The van der Waals surface area contributed by atoms with E-state index in [0.29, 0.717) is 13.1 Å². The van der Waals surface area contributed by atoms with Crippen molar-refractivity contribution in [2.45, 2.75) is 13.5 Å². The molecule has 23 heavy (non-hydrogen) atoms. The molecule has 122 valence electrons. The van der Waals surface area contributed by atoms with Crippen LogP contribution in [0.1, 0.15) is 11.1 Å². The van der Waals surface area contributed by atoms with Gasteiger partial charge in [-0.25, -0.2) is 0 Å². The van der Waals surface area contributed by atoms with E-state index in [1.807, 2.05) is 61.3 Å². The van der Waals surface area contributed by atoms with Crippen LogP contribution in [0.5, 0.6) is 5.75 Å². The number of likely N-dealkylation sites (N-methyl/N-ethyl adjacent to an activating group) is 1. The molecule has 2 rings (SSSR count). The molecule has 5 heteroatoms. The predicted octanol–water partition coefficient (Wildman–Crippen LogP) is 3.84. The fourth-order valence-corrected chi connectivity index (χ4v) is 2.82. The number of rotatable bonds is 6. The molecule has 0 saturated heterocycles. The zero-order chi connectivity index (χ0) is 16.8. The zero-order valence-electron chi connectivity index (χ0n) is 13.6. The summed E-state index contributed by atoms with van der Waals surface area (Å²) >= 11 is 3.42. The summed E-state index contributed by atoms with van der Waals surface area (Å²) in [6.07, 6.45) is 0. The topological polar surface area (TPSA) is 41.6 Å². The second-order valence-electron chi connectivity index (χ2n) is 5.53. The first-order valence-corrected chi connectivity index (χ1v) is 8.14. The Balaban J connectivity index is 1.91. The first-order valence-electron chi connectivity index (χ1n) is 7.35. The largest absolute Gasteiger partial charge is 0.497 e. The number of halogens is 1. The number of benzene rings is 2. The standard InChI is InChI=1S/C18H21BrN2O2/c1-13-9-15(19)7-8-17(13)20-18(22)12-21(2)11-14-5-4-6-16(10-14)23-3/h4-10H,11-12H2,1-3H3,(H,20,22). The van der Waals surface area contributed by atoms with Gasteiger partial charge in [-0.05, 0) is 55.4 Å². The number of nitrogens with zero attached hydrogens (tertiary/aromatic N) is 1. The number of carbonyl (C=O) groups is 1. The molecule has 0 fully saturated rings. The number of methoxy groups -OCH3 is 1. The Morgan fingerprint density at radius 2 is 2.04 bits per heavy atom. The summed E-state index contributed by atoms with van der Waals surface area (Å²) in [4.78, 5) is 14.2.